The van der Waals surface area contributed by atoms with Crippen LogP contribution in [0.5, 0.6) is 0 Å². The average Bonchev–Trinajstić information content (AvgIpc) is 3.43. The molecule has 0 aliphatic rings. The van der Waals surface area contributed by atoms with Gasteiger partial charge in [-0.15, -0.1) is 0 Å². The molecule has 2 heterocycles. The molecule has 0 amide bonds. The molecule has 8 nitrogen and oxygen atoms in total. The lowest BCUT2D eigenvalue weighted by molar-refractivity contribution is 0.650. The van der Waals surface area contributed by atoms with Crippen molar-refractivity contribution in [3.63, 3.8) is 0 Å². The molecule has 8 heteroatoms. The predicted octanol–water partition coefficient (Wildman–Crippen LogP) is 3.62. The number of nitrogens with zero attached hydrogens (tertiary/aromatic N) is 6. The molecule has 0 saturated heterocycles. The normalized spacial score (nSPS) is 10.2. The third kappa shape index (κ3) is 2.52. The zero-order valence-electron chi connectivity index (χ0n) is 17.0. The summed E-state index contributed by atoms with van der Waals surface area (Å²) in [7, 11) is 0. The molecule has 0 aliphatic carbocycles. The number of hydrogen-bond donors (Lipinski definition) is 0. The number of furan rings is 2. The maximum atomic E-state index is 9.80. The second-order valence-corrected chi connectivity index (χ2v) is 7.21. The Morgan fingerprint density at radius 1 is 0.559 bits per heavy atom. The van der Waals surface area contributed by atoms with E-state index >= 15 is 0 Å². The fourth-order valence-electron chi connectivity index (χ4n) is 4.16. The van der Waals surface area contributed by atoms with E-state index in [4.69, 9.17) is 8.83 Å². The summed E-state index contributed by atoms with van der Waals surface area (Å²) in [5.41, 5.74) is 0.886. The molecule has 3 aromatic carbocycles. The summed E-state index contributed by atoms with van der Waals surface area (Å²) >= 11 is 0. The van der Waals surface area contributed by atoms with Crippen molar-refractivity contribution in [1.82, 2.24) is 0 Å². The van der Waals surface area contributed by atoms with Gasteiger partial charge in [0.05, 0.1) is 28.5 Å². The van der Waals surface area contributed by atoms with E-state index in [0.29, 0.717) is 43.8 Å². The van der Waals surface area contributed by atoms with Crippen LogP contribution >= 0.6 is 0 Å². The third-order valence-corrected chi connectivity index (χ3v) is 5.54. The quantitative estimate of drug-likeness (QED) is 0.356. The van der Waals surface area contributed by atoms with Crippen LogP contribution in [0.15, 0.2) is 45.2 Å². The van der Waals surface area contributed by atoms with Crippen molar-refractivity contribution in [2.45, 2.75) is 0 Å². The summed E-state index contributed by atoms with van der Waals surface area (Å²) in [5, 5.41) is 59.5. The zero-order chi connectivity index (χ0) is 24.0. The van der Waals surface area contributed by atoms with Crippen LogP contribution < -0.4 is 10.4 Å². The van der Waals surface area contributed by atoms with Crippen LogP contribution in [-0.2, 0) is 0 Å². The van der Waals surface area contributed by atoms with Gasteiger partial charge in [-0.25, -0.2) is 0 Å². The van der Waals surface area contributed by atoms with Crippen molar-refractivity contribution in [2.75, 3.05) is 0 Å². The van der Waals surface area contributed by atoms with Crippen LogP contribution in [-0.4, -0.2) is 0 Å². The first-order chi connectivity index (χ1) is 16.6. The number of nitriles is 6. The largest absolute Gasteiger partial charge is 0.455 e. The molecule has 0 saturated carbocycles. The molecular formula is C26H6N6O2. The van der Waals surface area contributed by atoms with Gasteiger partial charge in [-0.2, -0.15) is 31.6 Å². The Morgan fingerprint density at radius 3 is 1.35 bits per heavy atom. The third-order valence-electron chi connectivity index (χ3n) is 5.54. The highest BCUT2D eigenvalue weighted by molar-refractivity contribution is 6.18. The number of benzene rings is 3. The van der Waals surface area contributed by atoms with Crippen LogP contribution in [0.4, 0.5) is 0 Å². The number of fused-ring (bicyclic) bond motifs is 6. The monoisotopic (exact) mass is 434 g/mol. The molecule has 0 radical (unpaired) electrons. The molecule has 5 aromatic rings. The van der Waals surface area contributed by atoms with Gasteiger partial charge in [-0.3, -0.25) is 0 Å². The van der Waals surface area contributed by atoms with Gasteiger partial charge >= 0.3 is 0 Å². The Labute approximate surface area is 190 Å². The Hall–Kier alpha value is -6.06. The van der Waals surface area contributed by atoms with Crippen LogP contribution in [0.3, 0.4) is 0 Å². The first-order valence-corrected chi connectivity index (χ1v) is 9.63. The highest BCUT2D eigenvalue weighted by Gasteiger charge is 2.23. The summed E-state index contributed by atoms with van der Waals surface area (Å²) in [4.78, 5) is 0. The van der Waals surface area contributed by atoms with Crippen LogP contribution in [0.25, 0.3) is 55.0 Å². The molecule has 2 aromatic heterocycles. The molecule has 0 fully saturated rings. The molecule has 0 bridgehead atoms. The zero-order valence-corrected chi connectivity index (χ0v) is 17.0. The summed E-state index contributed by atoms with van der Waals surface area (Å²) in [5.74, 6) is 0. The molecule has 34 heavy (non-hydrogen) atoms. The van der Waals surface area contributed by atoms with Gasteiger partial charge in [0.25, 0.3) is 0 Å². The van der Waals surface area contributed by atoms with E-state index in [-0.39, 0.29) is 32.7 Å². The summed E-state index contributed by atoms with van der Waals surface area (Å²) in [6, 6.07) is 20.9. The van der Waals surface area contributed by atoms with Crippen molar-refractivity contribution in [2.24, 2.45) is 0 Å². The van der Waals surface area contributed by atoms with Gasteiger partial charge in [0.1, 0.15) is 57.8 Å². The molecular weight excluding hydrogens is 428 g/mol. The van der Waals surface area contributed by atoms with Crippen LogP contribution in [0.1, 0.15) is 11.1 Å². The fraction of sp³-hybridized carbons (Fsp3) is 0. The topological polar surface area (TPSA) is 169 Å². The average molecular weight is 434 g/mol. The van der Waals surface area contributed by atoms with Gasteiger partial charge in [0.15, 0.2) is 0 Å². The van der Waals surface area contributed by atoms with E-state index in [1.54, 1.807) is 36.4 Å². The maximum absolute atomic E-state index is 9.80. The van der Waals surface area contributed by atoms with Crippen LogP contribution in [0.2, 0.25) is 0 Å². The molecule has 0 spiro atoms. The van der Waals surface area contributed by atoms with Gasteiger partial charge in [-0.1, -0.05) is 0 Å². The van der Waals surface area contributed by atoms with E-state index in [1.165, 1.54) is 0 Å². The molecule has 0 aliphatic heterocycles. The van der Waals surface area contributed by atoms with Crippen molar-refractivity contribution >= 4 is 55.0 Å². The lowest BCUT2D eigenvalue weighted by atomic mass is 9.97. The summed E-state index contributed by atoms with van der Waals surface area (Å²) in [6.07, 6.45) is 0. The molecule has 0 atom stereocenters. The van der Waals surface area contributed by atoms with E-state index in [0.717, 1.165) is 0 Å². The SMILES string of the molecule is N#CC(C#N)=c1c2oc3ccc(C#N)cc3c2c(=C(C#N)C#N)c2c1oc1ccc(C#N)cc12. The highest BCUT2D eigenvalue weighted by Crippen LogP contribution is 2.32. The van der Waals surface area contributed by atoms with E-state index < -0.39 is 0 Å². The highest BCUT2D eigenvalue weighted by atomic mass is 16.3. The Bertz CT molecular complexity index is 1990. The van der Waals surface area contributed by atoms with Gasteiger partial charge in [0, 0.05) is 26.8 Å². The Morgan fingerprint density at radius 2 is 0.971 bits per heavy atom. The van der Waals surface area contributed by atoms with Gasteiger partial charge < -0.3 is 8.83 Å². The second-order valence-electron chi connectivity index (χ2n) is 7.21. The molecule has 152 valence electrons. The molecule has 0 N–H and O–H groups in total. The van der Waals surface area contributed by atoms with E-state index in [2.05, 4.69) is 0 Å². The molecule has 5 rings (SSSR count). The Kier molecular flexibility index (Phi) is 4.25. The van der Waals surface area contributed by atoms with Gasteiger partial charge in [0.2, 0.25) is 0 Å². The predicted molar refractivity (Wildman–Crippen MR) is 119 cm³/mol. The van der Waals surface area contributed by atoms with E-state index in [9.17, 15) is 31.6 Å². The smallest absolute Gasteiger partial charge is 0.149 e. The van der Waals surface area contributed by atoms with Gasteiger partial charge in [-0.05, 0) is 36.4 Å². The first kappa shape index (κ1) is 19.9. The first-order valence-electron chi connectivity index (χ1n) is 9.63. The van der Waals surface area contributed by atoms with Crippen molar-refractivity contribution in [3.05, 3.63) is 58.0 Å². The minimum Gasteiger partial charge on any atom is -0.455 e. The van der Waals surface area contributed by atoms with Crippen molar-refractivity contribution in [3.8, 4) is 36.4 Å². The lowest BCUT2D eigenvalue weighted by Crippen LogP contribution is -2.16. The summed E-state index contributed by atoms with van der Waals surface area (Å²) < 4.78 is 12.0. The van der Waals surface area contributed by atoms with Crippen molar-refractivity contribution < 1.29 is 8.83 Å². The van der Waals surface area contributed by atoms with Crippen LogP contribution in [0, 0.1) is 68.0 Å². The standard InChI is InChI=1S/C26H6N6O2/c27-7-13-1-3-19-17(5-13)23-21(15(9-29)10-30)24-18-6-14(8-28)2-4-20(18)34-26(24)22(25(23)33-19)16(11-31)12-32/h1-6H. The second kappa shape index (κ2) is 7.27. The maximum Gasteiger partial charge on any atom is 0.149 e. The Balaban J connectivity index is 2.35. The molecule has 0 unspecified atom stereocenters. The van der Waals surface area contributed by atoms with E-state index in [1.807, 2.05) is 36.4 Å². The number of rotatable bonds is 0. The minimum atomic E-state index is -0.295. The fourth-order valence-corrected chi connectivity index (χ4v) is 4.16. The summed E-state index contributed by atoms with van der Waals surface area (Å²) in [6.45, 7) is 0. The number of hydrogen-bond acceptors (Lipinski definition) is 8. The lowest BCUT2D eigenvalue weighted by Gasteiger charge is -2.00. The minimum absolute atomic E-state index is 0.0680. The van der Waals surface area contributed by atoms with Crippen molar-refractivity contribution in [1.29, 1.82) is 31.6 Å².